The standard InChI is InChI=1S/C25H26F2N6O2S2/c1-16(24(34)18-4-7-20(8-5-18)36-11-23-31-29-15-32(23)3)37-17(2)25(35,12-33-14-28-13-30-33)21-9-6-19(26)10-22(21)27/h4-10,13-17,35H,11-12H2,1-3H3/t16-,17+,25+/m0/s1. The van der Waals surface area contributed by atoms with Gasteiger partial charge in [0.1, 0.15) is 42.0 Å². The highest BCUT2D eigenvalue weighted by Crippen LogP contribution is 2.38. The van der Waals surface area contributed by atoms with Crippen LogP contribution in [-0.2, 0) is 24.9 Å². The number of carbonyl (C=O) groups excluding carboxylic acids is 1. The number of thioether (sulfide) groups is 2. The Balaban J connectivity index is 1.47. The van der Waals surface area contributed by atoms with E-state index in [0.29, 0.717) is 11.3 Å². The molecular formula is C25H26F2N6O2S2. The Morgan fingerprint density at radius 1 is 1.14 bits per heavy atom. The van der Waals surface area contributed by atoms with Crippen LogP contribution in [0.15, 0.2) is 66.3 Å². The van der Waals surface area contributed by atoms with E-state index in [-0.39, 0.29) is 17.9 Å². The summed E-state index contributed by atoms with van der Waals surface area (Å²) in [4.78, 5) is 18.1. The molecule has 0 aliphatic heterocycles. The molecule has 2 aromatic carbocycles. The Bertz CT molecular complexity index is 1350. The van der Waals surface area contributed by atoms with Crippen LogP contribution < -0.4 is 0 Å². The van der Waals surface area contributed by atoms with E-state index in [9.17, 15) is 18.7 Å². The second-order valence-corrected chi connectivity index (χ2v) is 11.3. The average molecular weight is 545 g/mol. The summed E-state index contributed by atoms with van der Waals surface area (Å²) in [5.74, 6) is -0.239. The molecule has 8 nitrogen and oxygen atoms in total. The van der Waals surface area contributed by atoms with E-state index >= 15 is 0 Å². The van der Waals surface area contributed by atoms with Gasteiger partial charge in [-0.15, -0.1) is 33.7 Å². The highest BCUT2D eigenvalue weighted by molar-refractivity contribution is 8.01. The molecule has 0 bridgehead atoms. The van der Waals surface area contributed by atoms with E-state index in [1.54, 1.807) is 44.1 Å². The fourth-order valence-corrected chi connectivity index (χ4v) is 6.04. The zero-order chi connectivity index (χ0) is 26.6. The first-order valence-electron chi connectivity index (χ1n) is 11.4. The second-order valence-electron chi connectivity index (χ2n) is 8.60. The molecule has 0 saturated heterocycles. The number of hydrogen-bond donors (Lipinski definition) is 1. The Labute approximate surface area is 221 Å². The topological polar surface area (TPSA) is 98.7 Å². The van der Waals surface area contributed by atoms with Crippen LogP contribution in [0.4, 0.5) is 8.78 Å². The van der Waals surface area contributed by atoms with Gasteiger partial charge in [0, 0.05) is 34.4 Å². The maximum Gasteiger partial charge on any atom is 0.175 e. The number of aromatic nitrogens is 6. The van der Waals surface area contributed by atoms with Gasteiger partial charge in [0.15, 0.2) is 5.78 Å². The third kappa shape index (κ3) is 6.25. The van der Waals surface area contributed by atoms with E-state index < -0.39 is 27.7 Å². The van der Waals surface area contributed by atoms with Gasteiger partial charge in [0.2, 0.25) is 0 Å². The second kappa shape index (κ2) is 11.5. The smallest absolute Gasteiger partial charge is 0.175 e. The Morgan fingerprint density at radius 2 is 1.89 bits per heavy atom. The van der Waals surface area contributed by atoms with Crippen molar-refractivity contribution >= 4 is 29.3 Å². The van der Waals surface area contributed by atoms with Crippen molar-refractivity contribution in [1.29, 1.82) is 0 Å². The van der Waals surface area contributed by atoms with Crippen LogP contribution in [0.1, 0.15) is 35.6 Å². The SMILES string of the molecule is C[C@H](S[C@H](C)[C@](O)(Cn1cncn1)c1ccc(F)cc1F)C(=O)c1ccc(SCc2nncn2C)cc1. The largest absolute Gasteiger partial charge is 0.382 e. The monoisotopic (exact) mass is 544 g/mol. The Kier molecular flexibility index (Phi) is 8.40. The van der Waals surface area contributed by atoms with Gasteiger partial charge >= 0.3 is 0 Å². The first-order valence-corrected chi connectivity index (χ1v) is 13.4. The van der Waals surface area contributed by atoms with Crippen molar-refractivity contribution in [3.63, 3.8) is 0 Å². The lowest BCUT2D eigenvalue weighted by molar-refractivity contribution is 0.0132. The van der Waals surface area contributed by atoms with Gasteiger partial charge in [0.25, 0.3) is 0 Å². The first kappa shape index (κ1) is 27.0. The van der Waals surface area contributed by atoms with Gasteiger partial charge in [-0.1, -0.05) is 25.1 Å². The summed E-state index contributed by atoms with van der Waals surface area (Å²) in [6.07, 6.45) is 4.36. The van der Waals surface area contributed by atoms with Gasteiger partial charge < -0.3 is 9.67 Å². The molecule has 0 aliphatic carbocycles. The fraction of sp³-hybridized carbons (Fsp3) is 0.320. The van der Waals surface area contributed by atoms with Crippen LogP contribution >= 0.6 is 23.5 Å². The molecule has 0 aliphatic rings. The Hall–Kier alpha value is -3.09. The van der Waals surface area contributed by atoms with E-state index in [0.717, 1.165) is 22.9 Å². The average Bonchev–Trinajstić information content (AvgIpc) is 3.53. The van der Waals surface area contributed by atoms with Crippen molar-refractivity contribution in [1.82, 2.24) is 29.5 Å². The lowest BCUT2D eigenvalue weighted by Gasteiger charge is -2.35. The third-order valence-corrected chi connectivity index (χ3v) is 8.46. The van der Waals surface area contributed by atoms with E-state index in [1.165, 1.54) is 35.2 Å². The zero-order valence-corrected chi connectivity index (χ0v) is 22.1. The van der Waals surface area contributed by atoms with Crippen molar-refractivity contribution < 1.29 is 18.7 Å². The molecule has 0 spiro atoms. The minimum Gasteiger partial charge on any atom is -0.382 e. The van der Waals surface area contributed by atoms with Crippen LogP contribution in [0, 0.1) is 11.6 Å². The van der Waals surface area contributed by atoms with Crippen molar-refractivity contribution in [2.75, 3.05) is 0 Å². The number of aryl methyl sites for hydroxylation is 1. The number of ketones is 1. The molecule has 12 heteroatoms. The highest BCUT2D eigenvalue weighted by Gasteiger charge is 2.41. The van der Waals surface area contributed by atoms with Gasteiger partial charge in [-0.3, -0.25) is 4.79 Å². The number of halogens is 2. The van der Waals surface area contributed by atoms with Crippen LogP contribution in [0.2, 0.25) is 0 Å². The van der Waals surface area contributed by atoms with E-state index in [1.807, 2.05) is 23.7 Å². The van der Waals surface area contributed by atoms with E-state index in [2.05, 4.69) is 20.3 Å². The molecule has 4 rings (SSSR count). The molecule has 0 amide bonds. The van der Waals surface area contributed by atoms with Crippen molar-refractivity contribution in [3.05, 3.63) is 90.0 Å². The number of hydrogen-bond acceptors (Lipinski definition) is 8. The van der Waals surface area contributed by atoms with Crippen molar-refractivity contribution in [2.45, 2.75) is 47.1 Å². The van der Waals surface area contributed by atoms with Crippen molar-refractivity contribution in [3.8, 4) is 0 Å². The predicted octanol–water partition coefficient (Wildman–Crippen LogP) is 4.26. The molecule has 0 saturated carbocycles. The van der Waals surface area contributed by atoms with E-state index in [4.69, 9.17) is 0 Å². The number of carbonyl (C=O) groups is 1. The highest BCUT2D eigenvalue weighted by atomic mass is 32.2. The number of nitrogens with zero attached hydrogens (tertiary/aromatic N) is 6. The minimum atomic E-state index is -1.79. The fourth-order valence-electron chi connectivity index (χ4n) is 3.85. The van der Waals surface area contributed by atoms with Crippen LogP contribution in [-0.4, -0.2) is 50.9 Å². The van der Waals surface area contributed by atoms with Crippen LogP contribution in [0.3, 0.4) is 0 Å². The molecule has 0 fully saturated rings. The molecule has 2 heterocycles. The molecule has 4 aromatic rings. The minimum absolute atomic E-state index is 0.0756. The predicted molar refractivity (Wildman–Crippen MR) is 138 cm³/mol. The molecule has 37 heavy (non-hydrogen) atoms. The summed E-state index contributed by atoms with van der Waals surface area (Å²) in [6.45, 7) is 3.33. The summed E-state index contributed by atoms with van der Waals surface area (Å²) in [5, 5.41) is 22.5. The molecule has 0 unspecified atom stereocenters. The van der Waals surface area contributed by atoms with Gasteiger partial charge in [0.05, 0.1) is 17.5 Å². The van der Waals surface area contributed by atoms with Crippen LogP contribution in [0.5, 0.6) is 0 Å². The lowest BCUT2D eigenvalue weighted by Crippen LogP contribution is -2.42. The maximum absolute atomic E-state index is 14.8. The first-order chi connectivity index (χ1) is 17.7. The normalized spacial score (nSPS) is 14.8. The number of Topliss-reactive ketones (excluding diaryl/α,β-unsaturated/α-hetero) is 1. The summed E-state index contributed by atoms with van der Waals surface area (Å²) in [5.41, 5.74) is -1.33. The van der Waals surface area contributed by atoms with Crippen molar-refractivity contribution in [2.24, 2.45) is 7.05 Å². The van der Waals surface area contributed by atoms with Gasteiger partial charge in [-0.25, -0.2) is 18.4 Å². The number of rotatable bonds is 11. The third-order valence-electron chi connectivity index (χ3n) is 6.03. The maximum atomic E-state index is 14.8. The van der Waals surface area contributed by atoms with Gasteiger partial charge in [-0.05, 0) is 25.1 Å². The summed E-state index contributed by atoms with van der Waals surface area (Å²) in [6, 6.07) is 10.4. The quantitative estimate of drug-likeness (QED) is 0.221. The molecule has 2 aromatic heterocycles. The van der Waals surface area contributed by atoms with Crippen LogP contribution in [0.25, 0.3) is 0 Å². The number of aliphatic hydroxyl groups is 1. The summed E-state index contributed by atoms with van der Waals surface area (Å²) >= 11 is 2.80. The van der Waals surface area contributed by atoms with Gasteiger partial charge in [-0.2, -0.15) is 5.10 Å². The summed E-state index contributed by atoms with van der Waals surface area (Å²) in [7, 11) is 1.88. The molecular weight excluding hydrogens is 518 g/mol. The molecule has 0 radical (unpaired) electrons. The Morgan fingerprint density at radius 3 is 2.51 bits per heavy atom. The zero-order valence-electron chi connectivity index (χ0n) is 20.5. The summed E-state index contributed by atoms with van der Waals surface area (Å²) < 4.78 is 31.6. The number of benzene rings is 2. The molecule has 194 valence electrons. The molecule has 3 atom stereocenters. The lowest BCUT2D eigenvalue weighted by atomic mass is 9.90. The molecule has 1 N–H and O–H groups in total.